The van der Waals surface area contributed by atoms with Crippen molar-refractivity contribution >= 4 is 35.0 Å². The Bertz CT molecular complexity index is 1620. The second-order valence-corrected chi connectivity index (χ2v) is 9.84. The summed E-state index contributed by atoms with van der Waals surface area (Å²) in [6, 6.07) is 11.6. The van der Waals surface area contributed by atoms with Crippen molar-refractivity contribution in [3.05, 3.63) is 89.6 Å². The highest BCUT2D eigenvalue weighted by Crippen LogP contribution is 2.32. The number of thiazole rings is 1. The van der Waals surface area contributed by atoms with Gasteiger partial charge in [-0.05, 0) is 55.3 Å². The Kier molecular flexibility index (Phi) is 9.25. The highest BCUT2D eigenvalue weighted by molar-refractivity contribution is 7.07. The van der Waals surface area contributed by atoms with E-state index in [1.54, 1.807) is 49.4 Å². The molecule has 1 aliphatic heterocycles. The lowest BCUT2D eigenvalue weighted by atomic mass is 9.96. The molecule has 2 heterocycles. The molecule has 4 rings (SSSR count). The fourth-order valence-corrected chi connectivity index (χ4v) is 5.28. The van der Waals surface area contributed by atoms with Crippen LogP contribution in [0.3, 0.4) is 0 Å². The SMILES string of the molecule is C#CCOc1ccc(C=c2sc3n(c2=O)C(c2ccc(Cl)cc2)C(C(=O)OCCOC)=C(C)N=3)cc1OCC. The number of allylic oxidation sites excluding steroid dienone is 1. The van der Waals surface area contributed by atoms with Gasteiger partial charge in [0, 0.05) is 12.1 Å². The smallest absolute Gasteiger partial charge is 0.338 e. The number of carbonyl (C=O) groups excluding carboxylic acids is 1. The van der Waals surface area contributed by atoms with Crippen molar-refractivity contribution in [2.24, 2.45) is 4.99 Å². The Labute approximate surface area is 234 Å². The van der Waals surface area contributed by atoms with Gasteiger partial charge in [0.1, 0.15) is 13.2 Å². The number of methoxy groups -OCH3 is 1. The van der Waals surface area contributed by atoms with E-state index in [1.807, 2.05) is 13.0 Å². The Balaban J connectivity index is 1.83. The van der Waals surface area contributed by atoms with Crippen LogP contribution < -0.4 is 24.4 Å². The number of halogens is 1. The third-order valence-corrected chi connectivity index (χ3v) is 7.06. The summed E-state index contributed by atoms with van der Waals surface area (Å²) in [6.07, 6.45) is 7.07. The van der Waals surface area contributed by atoms with Gasteiger partial charge in [0.05, 0.1) is 35.1 Å². The van der Waals surface area contributed by atoms with Crippen molar-refractivity contribution in [2.75, 3.05) is 33.5 Å². The summed E-state index contributed by atoms with van der Waals surface area (Å²) in [5.74, 6) is 2.91. The lowest BCUT2D eigenvalue weighted by Crippen LogP contribution is -2.40. The first-order valence-corrected chi connectivity index (χ1v) is 13.3. The molecule has 1 aliphatic rings. The minimum atomic E-state index is -0.741. The standard InChI is InChI=1S/C29H27ClN2O6S/c1-5-13-37-22-12-7-19(16-23(22)36-6-2)17-24-27(33)32-26(20-8-10-21(30)11-9-20)25(18(3)31-29(32)39-24)28(34)38-15-14-35-4/h1,7-12,16-17,26H,6,13-15H2,2-4H3. The van der Waals surface area contributed by atoms with Crippen molar-refractivity contribution in [1.29, 1.82) is 0 Å². The van der Waals surface area contributed by atoms with E-state index < -0.39 is 12.0 Å². The number of fused-ring (bicyclic) bond motifs is 1. The fourth-order valence-electron chi connectivity index (χ4n) is 4.11. The summed E-state index contributed by atoms with van der Waals surface area (Å²) >= 11 is 7.36. The van der Waals surface area contributed by atoms with Crippen LogP contribution in [0.5, 0.6) is 11.5 Å². The van der Waals surface area contributed by atoms with E-state index in [1.165, 1.54) is 23.0 Å². The molecule has 0 spiro atoms. The zero-order chi connectivity index (χ0) is 27.9. The van der Waals surface area contributed by atoms with Gasteiger partial charge in [0.2, 0.25) is 0 Å². The molecule has 0 aliphatic carbocycles. The van der Waals surface area contributed by atoms with E-state index in [2.05, 4.69) is 10.9 Å². The number of hydrogen-bond donors (Lipinski definition) is 0. The molecule has 1 atom stereocenters. The summed E-state index contributed by atoms with van der Waals surface area (Å²) in [7, 11) is 1.52. The van der Waals surface area contributed by atoms with Crippen molar-refractivity contribution in [3.8, 4) is 23.8 Å². The monoisotopic (exact) mass is 566 g/mol. The molecule has 0 saturated heterocycles. The lowest BCUT2D eigenvalue weighted by molar-refractivity contribution is -0.140. The lowest BCUT2D eigenvalue weighted by Gasteiger charge is -2.24. The molecule has 0 bridgehead atoms. The van der Waals surface area contributed by atoms with Gasteiger partial charge in [-0.15, -0.1) is 6.42 Å². The normalized spacial score (nSPS) is 14.8. The van der Waals surface area contributed by atoms with Crippen molar-refractivity contribution in [3.63, 3.8) is 0 Å². The molecule has 2 aromatic carbocycles. The van der Waals surface area contributed by atoms with Crippen LogP contribution in [0, 0.1) is 12.3 Å². The zero-order valence-corrected chi connectivity index (χ0v) is 23.3. The molecule has 0 N–H and O–H groups in total. The van der Waals surface area contributed by atoms with Crippen LogP contribution in [0.4, 0.5) is 0 Å². The largest absolute Gasteiger partial charge is 0.490 e. The molecule has 0 saturated carbocycles. The minimum absolute atomic E-state index is 0.0765. The zero-order valence-electron chi connectivity index (χ0n) is 21.7. The molecule has 39 heavy (non-hydrogen) atoms. The fraction of sp³-hybridized carbons (Fsp3) is 0.276. The molecule has 0 amide bonds. The molecular formula is C29H27ClN2O6S. The second-order valence-electron chi connectivity index (χ2n) is 8.39. The van der Waals surface area contributed by atoms with Crippen molar-refractivity contribution < 1.29 is 23.7 Å². The van der Waals surface area contributed by atoms with Crippen LogP contribution in [0.25, 0.3) is 6.08 Å². The van der Waals surface area contributed by atoms with E-state index in [0.717, 1.165) is 5.56 Å². The number of nitrogens with zero attached hydrogens (tertiary/aromatic N) is 2. The average Bonchev–Trinajstić information content (AvgIpc) is 3.22. The molecule has 202 valence electrons. The van der Waals surface area contributed by atoms with Gasteiger partial charge in [-0.25, -0.2) is 9.79 Å². The van der Waals surface area contributed by atoms with Gasteiger partial charge in [-0.3, -0.25) is 9.36 Å². The summed E-state index contributed by atoms with van der Waals surface area (Å²) in [5.41, 5.74) is 1.89. The molecule has 1 unspecified atom stereocenters. The quantitative estimate of drug-likeness (QED) is 0.212. The Morgan fingerprint density at radius 3 is 2.64 bits per heavy atom. The van der Waals surface area contributed by atoms with Gasteiger partial charge in [0.25, 0.3) is 5.56 Å². The molecule has 0 fully saturated rings. The van der Waals surface area contributed by atoms with Crippen LogP contribution in [0.2, 0.25) is 5.02 Å². The van der Waals surface area contributed by atoms with Crippen LogP contribution >= 0.6 is 22.9 Å². The van der Waals surface area contributed by atoms with E-state index in [4.69, 9.17) is 37.0 Å². The molecule has 3 aromatic rings. The number of benzene rings is 2. The Morgan fingerprint density at radius 2 is 1.95 bits per heavy atom. The van der Waals surface area contributed by atoms with Crippen molar-refractivity contribution in [2.45, 2.75) is 19.9 Å². The number of terminal acetylenes is 1. The number of hydrogen-bond acceptors (Lipinski definition) is 8. The van der Waals surface area contributed by atoms with E-state index >= 15 is 0 Å². The summed E-state index contributed by atoms with van der Waals surface area (Å²) in [6.45, 7) is 4.47. The Hall–Kier alpha value is -3.84. The van der Waals surface area contributed by atoms with Crippen LogP contribution in [-0.4, -0.2) is 44.1 Å². The predicted molar refractivity (Wildman–Crippen MR) is 150 cm³/mol. The highest BCUT2D eigenvalue weighted by Gasteiger charge is 2.33. The number of carbonyl (C=O) groups is 1. The third kappa shape index (κ3) is 6.25. The van der Waals surface area contributed by atoms with Gasteiger partial charge >= 0.3 is 5.97 Å². The number of esters is 1. The molecule has 10 heteroatoms. The minimum Gasteiger partial charge on any atom is -0.490 e. The van der Waals surface area contributed by atoms with Gasteiger partial charge in [0.15, 0.2) is 16.3 Å². The number of rotatable bonds is 10. The molecule has 0 radical (unpaired) electrons. The molecular weight excluding hydrogens is 540 g/mol. The highest BCUT2D eigenvalue weighted by atomic mass is 35.5. The van der Waals surface area contributed by atoms with Crippen molar-refractivity contribution in [1.82, 2.24) is 4.57 Å². The third-order valence-electron chi connectivity index (χ3n) is 5.82. The topological polar surface area (TPSA) is 88.4 Å². The second kappa shape index (κ2) is 12.8. The summed E-state index contributed by atoms with van der Waals surface area (Å²) in [5, 5.41) is 0.538. The first-order valence-electron chi connectivity index (χ1n) is 12.1. The first-order chi connectivity index (χ1) is 18.9. The van der Waals surface area contributed by atoms with Gasteiger partial charge in [-0.2, -0.15) is 0 Å². The number of ether oxygens (including phenoxy) is 4. The maximum absolute atomic E-state index is 13.8. The van der Waals surface area contributed by atoms with Crippen LogP contribution in [0.15, 0.2) is 63.5 Å². The predicted octanol–water partition coefficient (Wildman–Crippen LogP) is 3.49. The van der Waals surface area contributed by atoms with E-state index in [0.29, 0.717) is 43.7 Å². The maximum atomic E-state index is 13.8. The van der Waals surface area contributed by atoms with E-state index in [9.17, 15) is 9.59 Å². The van der Waals surface area contributed by atoms with Crippen LogP contribution in [-0.2, 0) is 14.3 Å². The first kappa shape index (κ1) is 28.2. The van der Waals surface area contributed by atoms with Crippen LogP contribution in [0.1, 0.15) is 31.0 Å². The number of aromatic nitrogens is 1. The summed E-state index contributed by atoms with van der Waals surface area (Å²) in [4.78, 5) is 32.1. The molecule has 1 aromatic heterocycles. The maximum Gasteiger partial charge on any atom is 0.338 e. The summed E-state index contributed by atoms with van der Waals surface area (Å²) < 4.78 is 23.7. The molecule has 8 nitrogen and oxygen atoms in total. The van der Waals surface area contributed by atoms with Gasteiger partial charge < -0.3 is 18.9 Å². The average molecular weight is 567 g/mol. The Morgan fingerprint density at radius 1 is 1.18 bits per heavy atom. The van der Waals surface area contributed by atoms with Gasteiger partial charge in [-0.1, -0.05) is 47.1 Å². The van der Waals surface area contributed by atoms with E-state index in [-0.39, 0.29) is 31.0 Å².